The summed E-state index contributed by atoms with van der Waals surface area (Å²) in [6.45, 7) is 13.1. The van der Waals surface area contributed by atoms with Crippen molar-refractivity contribution in [2.24, 2.45) is 11.8 Å². The van der Waals surface area contributed by atoms with Crippen LogP contribution in [-0.2, 0) is 9.31 Å². The first kappa shape index (κ1) is 14.1. The normalized spacial score (nSPS) is 37.2. The minimum absolute atomic E-state index is 0.166. The third kappa shape index (κ3) is 2.67. The van der Waals surface area contributed by atoms with Gasteiger partial charge in [-0.3, -0.25) is 0 Å². The molecule has 0 aromatic rings. The van der Waals surface area contributed by atoms with Gasteiger partial charge < -0.3 is 9.31 Å². The Kier molecular flexibility index (Phi) is 3.68. The van der Waals surface area contributed by atoms with Crippen LogP contribution in [-0.4, -0.2) is 18.3 Å². The van der Waals surface area contributed by atoms with Crippen LogP contribution >= 0.6 is 0 Å². The zero-order valence-electron chi connectivity index (χ0n) is 12.7. The Morgan fingerprint density at radius 1 is 1.11 bits per heavy atom. The molecule has 0 aromatic heterocycles. The predicted molar refractivity (Wildman–Crippen MR) is 76.3 cm³/mol. The van der Waals surface area contributed by atoms with E-state index in [9.17, 15) is 0 Å². The molecule has 1 heterocycles. The summed E-state index contributed by atoms with van der Waals surface area (Å²) in [6, 6.07) is 0. The van der Waals surface area contributed by atoms with Crippen molar-refractivity contribution in [1.29, 1.82) is 0 Å². The van der Waals surface area contributed by atoms with Crippen LogP contribution in [0.15, 0.2) is 11.5 Å². The molecule has 0 amide bonds. The van der Waals surface area contributed by atoms with Crippen LogP contribution in [0.25, 0.3) is 0 Å². The molecule has 1 aliphatic carbocycles. The van der Waals surface area contributed by atoms with Crippen molar-refractivity contribution < 1.29 is 9.31 Å². The van der Waals surface area contributed by atoms with Gasteiger partial charge >= 0.3 is 7.12 Å². The Morgan fingerprint density at radius 3 is 2.17 bits per heavy atom. The molecule has 0 N–H and O–H groups in total. The van der Waals surface area contributed by atoms with Gasteiger partial charge in [-0.1, -0.05) is 25.4 Å². The summed E-state index contributed by atoms with van der Waals surface area (Å²) in [7, 11) is -0.166. The maximum atomic E-state index is 6.04. The summed E-state index contributed by atoms with van der Waals surface area (Å²) in [6.07, 6.45) is 3.80. The maximum absolute atomic E-state index is 6.04. The molecular weight excluding hydrogens is 223 g/mol. The Hall–Kier alpha value is -0.275. The standard InChI is InChI=1S/C15H27BO2/c1-11-7-8-13(12(2)9-11)10-16-17-14(3,4)15(5,6)18-16/h10-12H,7-9H2,1-6H3/b13-10-. The lowest BCUT2D eigenvalue weighted by molar-refractivity contribution is 0.00578. The Balaban J connectivity index is 2.07. The van der Waals surface area contributed by atoms with E-state index in [-0.39, 0.29) is 18.3 Å². The van der Waals surface area contributed by atoms with Crippen LogP contribution in [0.4, 0.5) is 0 Å². The van der Waals surface area contributed by atoms with Crippen LogP contribution in [0.1, 0.15) is 60.8 Å². The average Bonchev–Trinajstić information content (AvgIpc) is 2.40. The average molecular weight is 250 g/mol. The highest BCUT2D eigenvalue weighted by Crippen LogP contribution is 2.39. The van der Waals surface area contributed by atoms with Crippen LogP contribution in [0.3, 0.4) is 0 Å². The van der Waals surface area contributed by atoms with Gasteiger partial charge in [0, 0.05) is 0 Å². The van der Waals surface area contributed by atoms with Gasteiger partial charge in [-0.15, -0.1) is 0 Å². The molecule has 2 rings (SSSR count). The molecule has 3 heteroatoms. The largest absolute Gasteiger partial charge is 0.487 e. The minimum atomic E-state index is -0.222. The first-order valence-electron chi connectivity index (χ1n) is 7.27. The predicted octanol–water partition coefficient (Wildman–Crippen LogP) is 4.00. The number of hydrogen-bond donors (Lipinski definition) is 0. The Morgan fingerprint density at radius 2 is 1.67 bits per heavy atom. The highest BCUT2D eigenvalue weighted by molar-refractivity contribution is 6.51. The molecular formula is C15H27BO2. The quantitative estimate of drug-likeness (QED) is 0.655. The summed E-state index contributed by atoms with van der Waals surface area (Å²) in [5.74, 6) is 3.76. The van der Waals surface area contributed by atoms with E-state index in [1.54, 1.807) is 0 Å². The van der Waals surface area contributed by atoms with Crippen molar-refractivity contribution in [2.45, 2.75) is 72.0 Å². The molecule has 2 nitrogen and oxygen atoms in total. The van der Waals surface area contributed by atoms with Gasteiger partial charge in [0.15, 0.2) is 0 Å². The zero-order valence-corrected chi connectivity index (χ0v) is 12.7. The molecule has 2 aliphatic rings. The summed E-state index contributed by atoms with van der Waals surface area (Å²) in [5, 5.41) is 0. The van der Waals surface area contributed by atoms with Crippen molar-refractivity contribution in [1.82, 2.24) is 0 Å². The summed E-state index contributed by atoms with van der Waals surface area (Å²) in [5.41, 5.74) is 1.08. The number of rotatable bonds is 1. The van der Waals surface area contributed by atoms with E-state index in [0.29, 0.717) is 5.92 Å². The fourth-order valence-corrected chi connectivity index (χ4v) is 2.91. The summed E-state index contributed by atoms with van der Waals surface area (Å²) >= 11 is 0. The van der Waals surface area contributed by atoms with Crippen molar-refractivity contribution >= 4 is 7.12 Å². The lowest BCUT2D eigenvalue weighted by atomic mass is 9.74. The lowest BCUT2D eigenvalue weighted by Gasteiger charge is -2.32. The molecule has 18 heavy (non-hydrogen) atoms. The van der Waals surface area contributed by atoms with E-state index in [4.69, 9.17) is 9.31 Å². The van der Waals surface area contributed by atoms with E-state index < -0.39 is 0 Å². The second-order valence-corrected chi connectivity index (χ2v) is 7.15. The summed E-state index contributed by atoms with van der Waals surface area (Å²) in [4.78, 5) is 0. The fraction of sp³-hybridized carbons (Fsp3) is 0.867. The van der Waals surface area contributed by atoms with Gasteiger partial charge in [0.25, 0.3) is 0 Å². The van der Waals surface area contributed by atoms with Gasteiger partial charge in [-0.25, -0.2) is 0 Å². The first-order chi connectivity index (χ1) is 8.21. The SMILES string of the molecule is CC1CC/C(=C/B2OC(C)(C)C(C)(C)O2)C(C)C1. The van der Waals surface area contributed by atoms with Gasteiger partial charge in [0.2, 0.25) is 0 Å². The Labute approximate surface area is 112 Å². The maximum Gasteiger partial charge on any atom is 0.487 e. The molecule has 0 bridgehead atoms. The molecule has 0 radical (unpaired) electrons. The second kappa shape index (κ2) is 4.68. The van der Waals surface area contributed by atoms with Gasteiger partial charge in [-0.2, -0.15) is 0 Å². The minimum Gasteiger partial charge on any atom is -0.400 e. The fourth-order valence-electron chi connectivity index (χ4n) is 2.91. The second-order valence-electron chi connectivity index (χ2n) is 7.15. The molecule has 102 valence electrons. The van der Waals surface area contributed by atoms with Crippen molar-refractivity contribution in [3.8, 4) is 0 Å². The van der Waals surface area contributed by atoms with Crippen LogP contribution in [0.2, 0.25) is 0 Å². The van der Waals surface area contributed by atoms with E-state index in [1.165, 1.54) is 24.8 Å². The third-order valence-electron chi connectivity index (χ3n) is 4.94. The lowest BCUT2D eigenvalue weighted by Crippen LogP contribution is -2.41. The number of hydrogen-bond acceptors (Lipinski definition) is 2. The van der Waals surface area contributed by atoms with Crippen molar-refractivity contribution in [3.05, 3.63) is 11.5 Å². The van der Waals surface area contributed by atoms with Gasteiger partial charge in [0.1, 0.15) is 0 Å². The Bertz CT molecular complexity index is 330. The summed E-state index contributed by atoms with van der Waals surface area (Å²) < 4.78 is 12.1. The topological polar surface area (TPSA) is 18.5 Å². The van der Waals surface area contributed by atoms with Crippen LogP contribution < -0.4 is 0 Å². The monoisotopic (exact) mass is 250 g/mol. The van der Waals surface area contributed by atoms with Crippen molar-refractivity contribution in [3.63, 3.8) is 0 Å². The number of allylic oxidation sites excluding steroid dienone is 1. The van der Waals surface area contributed by atoms with E-state index in [0.717, 1.165) is 5.92 Å². The highest BCUT2D eigenvalue weighted by atomic mass is 16.7. The zero-order chi connectivity index (χ0) is 13.6. The molecule has 1 saturated heterocycles. The molecule has 1 saturated carbocycles. The van der Waals surface area contributed by atoms with E-state index >= 15 is 0 Å². The van der Waals surface area contributed by atoms with Gasteiger partial charge in [0.05, 0.1) is 11.2 Å². The molecule has 2 unspecified atom stereocenters. The van der Waals surface area contributed by atoms with E-state index in [1.807, 2.05) is 0 Å². The molecule has 0 spiro atoms. The van der Waals surface area contributed by atoms with Crippen LogP contribution in [0.5, 0.6) is 0 Å². The van der Waals surface area contributed by atoms with Crippen molar-refractivity contribution in [2.75, 3.05) is 0 Å². The van der Waals surface area contributed by atoms with Crippen LogP contribution in [0, 0.1) is 11.8 Å². The molecule has 0 aromatic carbocycles. The van der Waals surface area contributed by atoms with E-state index in [2.05, 4.69) is 47.5 Å². The molecule has 2 fully saturated rings. The molecule has 1 aliphatic heterocycles. The van der Waals surface area contributed by atoms with Gasteiger partial charge in [-0.05, 0) is 58.8 Å². The first-order valence-corrected chi connectivity index (χ1v) is 7.27. The smallest absolute Gasteiger partial charge is 0.400 e. The highest BCUT2D eigenvalue weighted by Gasteiger charge is 2.50. The molecule has 2 atom stereocenters. The third-order valence-corrected chi connectivity index (χ3v) is 4.94.